The Hall–Kier alpha value is -1.34. The molecule has 21 heavy (non-hydrogen) atoms. The summed E-state index contributed by atoms with van der Waals surface area (Å²) >= 11 is 1.36. The molecule has 0 aliphatic carbocycles. The van der Waals surface area contributed by atoms with Crippen LogP contribution in [0, 0.1) is 0 Å². The Morgan fingerprint density at radius 3 is 2.81 bits per heavy atom. The van der Waals surface area contributed by atoms with Crippen molar-refractivity contribution in [3.8, 4) is 0 Å². The van der Waals surface area contributed by atoms with Crippen LogP contribution in [0.2, 0.25) is 0 Å². The van der Waals surface area contributed by atoms with Crippen LogP contribution in [0.5, 0.6) is 0 Å². The van der Waals surface area contributed by atoms with Gasteiger partial charge in [-0.25, -0.2) is 4.98 Å². The normalized spacial score (nSPS) is 26.4. The Balaban J connectivity index is 1.91. The molecule has 0 amide bonds. The van der Waals surface area contributed by atoms with E-state index in [1.54, 1.807) is 0 Å². The number of rotatable bonds is 2. The van der Waals surface area contributed by atoms with Gasteiger partial charge in [0.25, 0.3) is 0 Å². The number of ether oxygens (including phenoxy) is 1. The molecule has 3 rings (SSSR count). The Bertz CT molecular complexity index is 670. The summed E-state index contributed by atoms with van der Waals surface area (Å²) in [7, 11) is 0. The first-order valence-electron chi connectivity index (χ1n) is 6.65. The summed E-state index contributed by atoms with van der Waals surface area (Å²) in [5.74, 6) is 0. The quantitative estimate of drug-likeness (QED) is 0.897. The Morgan fingerprint density at radius 2 is 2.19 bits per heavy atom. The molecule has 1 fully saturated rings. The van der Waals surface area contributed by atoms with Crippen LogP contribution in [0.25, 0.3) is 10.2 Å². The second-order valence-corrected chi connectivity index (χ2v) is 6.54. The minimum atomic E-state index is -4.34. The fourth-order valence-corrected chi connectivity index (χ4v) is 3.38. The van der Waals surface area contributed by atoms with Crippen LogP contribution < -0.4 is 5.32 Å². The second-order valence-electron chi connectivity index (χ2n) is 5.50. The van der Waals surface area contributed by atoms with E-state index in [0.29, 0.717) is 17.3 Å². The third-order valence-electron chi connectivity index (χ3n) is 3.99. The number of hydrogen-bond acceptors (Lipinski definition) is 4. The lowest BCUT2D eigenvalue weighted by molar-refractivity contribution is -0.137. The highest BCUT2D eigenvalue weighted by atomic mass is 32.1. The first kappa shape index (κ1) is 14.6. The molecule has 0 bridgehead atoms. The lowest BCUT2D eigenvalue weighted by Gasteiger charge is -2.28. The summed E-state index contributed by atoms with van der Waals surface area (Å²) in [6.45, 7) is 4.70. The molecular formula is C14H15F3N2OS. The van der Waals surface area contributed by atoms with E-state index < -0.39 is 11.7 Å². The lowest BCUT2D eigenvalue weighted by atomic mass is 9.95. The topological polar surface area (TPSA) is 34.1 Å². The van der Waals surface area contributed by atoms with E-state index in [0.717, 1.165) is 23.3 Å². The third-order valence-corrected chi connectivity index (χ3v) is 4.95. The fraction of sp³-hybridized carbons (Fsp3) is 0.500. The first-order valence-corrected chi connectivity index (χ1v) is 7.47. The first-order chi connectivity index (χ1) is 9.78. The van der Waals surface area contributed by atoms with Gasteiger partial charge in [-0.1, -0.05) is 11.3 Å². The molecule has 0 saturated carbocycles. The molecule has 1 aliphatic heterocycles. The molecule has 1 aromatic carbocycles. The number of aromatic nitrogens is 1. The van der Waals surface area contributed by atoms with Crippen LogP contribution in [0.3, 0.4) is 0 Å². The molecule has 1 aromatic heterocycles. The maximum Gasteiger partial charge on any atom is 0.416 e. The van der Waals surface area contributed by atoms with E-state index in [-0.39, 0.29) is 11.6 Å². The molecule has 2 heterocycles. The predicted molar refractivity (Wildman–Crippen MR) is 76.7 cm³/mol. The molecule has 0 radical (unpaired) electrons. The molecule has 2 atom stereocenters. The third kappa shape index (κ3) is 2.72. The summed E-state index contributed by atoms with van der Waals surface area (Å²) in [4.78, 5) is 4.28. The SMILES string of the molecule is CC1OCCC1(C)Nc1nc2cc(C(F)(F)F)ccc2s1. The second kappa shape index (κ2) is 4.84. The van der Waals surface area contributed by atoms with Crippen molar-refractivity contribution in [2.24, 2.45) is 0 Å². The Morgan fingerprint density at radius 1 is 1.43 bits per heavy atom. The predicted octanol–water partition coefficient (Wildman–Crippen LogP) is 4.29. The van der Waals surface area contributed by atoms with Crippen LogP contribution in [-0.2, 0) is 10.9 Å². The van der Waals surface area contributed by atoms with Gasteiger partial charge in [-0.15, -0.1) is 0 Å². The molecule has 1 N–H and O–H groups in total. The van der Waals surface area contributed by atoms with Crippen LogP contribution in [0.4, 0.5) is 18.3 Å². The number of anilines is 1. The van der Waals surface area contributed by atoms with Crippen molar-refractivity contribution in [2.45, 2.75) is 38.1 Å². The molecule has 114 valence electrons. The van der Waals surface area contributed by atoms with Crippen LogP contribution in [0.15, 0.2) is 18.2 Å². The summed E-state index contributed by atoms with van der Waals surface area (Å²) in [5, 5.41) is 3.94. The van der Waals surface area contributed by atoms with Crippen LogP contribution in [0.1, 0.15) is 25.8 Å². The van der Waals surface area contributed by atoms with Crippen molar-refractivity contribution in [1.29, 1.82) is 0 Å². The maximum absolute atomic E-state index is 12.7. The maximum atomic E-state index is 12.7. The number of benzene rings is 1. The molecule has 2 unspecified atom stereocenters. The molecule has 7 heteroatoms. The van der Waals surface area contributed by atoms with Crippen LogP contribution >= 0.6 is 11.3 Å². The van der Waals surface area contributed by atoms with Crippen molar-refractivity contribution in [3.05, 3.63) is 23.8 Å². The smallest absolute Gasteiger partial charge is 0.376 e. The molecule has 1 saturated heterocycles. The number of fused-ring (bicyclic) bond motifs is 1. The average molecular weight is 316 g/mol. The number of nitrogens with zero attached hydrogens (tertiary/aromatic N) is 1. The van der Waals surface area contributed by atoms with Gasteiger partial charge in [0.05, 0.1) is 27.4 Å². The molecule has 2 aromatic rings. The van der Waals surface area contributed by atoms with E-state index in [1.807, 2.05) is 13.8 Å². The summed E-state index contributed by atoms with van der Waals surface area (Å²) in [6.07, 6.45) is -3.46. The van der Waals surface area contributed by atoms with Gasteiger partial charge in [0.2, 0.25) is 0 Å². The van der Waals surface area contributed by atoms with Crippen LogP contribution in [-0.4, -0.2) is 23.2 Å². The average Bonchev–Trinajstić information content (AvgIpc) is 2.91. The summed E-state index contributed by atoms with van der Waals surface area (Å²) < 4.78 is 44.4. The van der Waals surface area contributed by atoms with E-state index in [4.69, 9.17) is 4.74 Å². The highest BCUT2D eigenvalue weighted by molar-refractivity contribution is 7.22. The van der Waals surface area contributed by atoms with Crippen molar-refractivity contribution < 1.29 is 17.9 Å². The van der Waals surface area contributed by atoms with E-state index in [2.05, 4.69) is 10.3 Å². The fourth-order valence-electron chi connectivity index (χ4n) is 2.40. The van der Waals surface area contributed by atoms with Gasteiger partial charge in [-0.3, -0.25) is 0 Å². The highest BCUT2D eigenvalue weighted by Crippen LogP contribution is 2.36. The van der Waals surface area contributed by atoms with E-state index in [9.17, 15) is 13.2 Å². The van der Waals surface area contributed by atoms with E-state index >= 15 is 0 Å². The van der Waals surface area contributed by atoms with Gasteiger partial charge >= 0.3 is 6.18 Å². The minimum absolute atomic E-state index is 0.0373. The van der Waals surface area contributed by atoms with E-state index in [1.165, 1.54) is 17.4 Å². The Labute approximate surface area is 124 Å². The largest absolute Gasteiger partial charge is 0.416 e. The zero-order valence-electron chi connectivity index (χ0n) is 11.6. The lowest BCUT2D eigenvalue weighted by Crippen LogP contribution is -2.41. The molecule has 0 spiro atoms. The monoisotopic (exact) mass is 316 g/mol. The molecular weight excluding hydrogens is 301 g/mol. The van der Waals surface area contributed by atoms with Crippen molar-refractivity contribution in [2.75, 3.05) is 11.9 Å². The zero-order valence-corrected chi connectivity index (χ0v) is 12.4. The number of halogens is 3. The molecule has 1 aliphatic rings. The molecule has 3 nitrogen and oxygen atoms in total. The van der Waals surface area contributed by atoms with Crippen molar-refractivity contribution in [1.82, 2.24) is 4.98 Å². The van der Waals surface area contributed by atoms with Crippen molar-refractivity contribution >= 4 is 26.7 Å². The van der Waals surface area contributed by atoms with Gasteiger partial charge < -0.3 is 10.1 Å². The number of alkyl halides is 3. The number of thiazole rings is 1. The van der Waals surface area contributed by atoms with Gasteiger partial charge in [-0.2, -0.15) is 13.2 Å². The van der Waals surface area contributed by atoms with Gasteiger partial charge in [-0.05, 0) is 38.5 Å². The summed E-state index contributed by atoms with van der Waals surface area (Å²) in [5.41, 5.74) is -0.538. The van der Waals surface area contributed by atoms with Crippen molar-refractivity contribution in [3.63, 3.8) is 0 Å². The van der Waals surface area contributed by atoms with Gasteiger partial charge in [0.1, 0.15) is 0 Å². The highest BCUT2D eigenvalue weighted by Gasteiger charge is 2.37. The zero-order chi connectivity index (χ0) is 15.3. The summed E-state index contributed by atoms with van der Waals surface area (Å²) in [6, 6.07) is 3.65. The standard InChI is InChI=1S/C14H15F3N2OS/c1-8-13(2,5-6-20-8)19-12-18-10-7-9(14(15,16)17)3-4-11(10)21-12/h3-4,7-8H,5-6H2,1-2H3,(H,18,19). The number of hydrogen-bond donors (Lipinski definition) is 1. The minimum Gasteiger partial charge on any atom is -0.376 e. The van der Waals surface area contributed by atoms with Gasteiger partial charge in [0.15, 0.2) is 5.13 Å². The Kier molecular flexibility index (Phi) is 3.37. The number of nitrogens with one attached hydrogen (secondary N) is 1. The van der Waals surface area contributed by atoms with Gasteiger partial charge in [0, 0.05) is 6.61 Å².